The number of nitrogens with zero attached hydrogens (tertiary/aromatic N) is 1. The monoisotopic (exact) mass is 416 g/mol. The molecule has 4 N–H and O–H groups in total. The number of para-hydroxylation sites is 1. The van der Waals surface area contributed by atoms with Crippen molar-refractivity contribution in [2.45, 2.75) is 0 Å². The van der Waals surface area contributed by atoms with Crippen LogP contribution in [0.1, 0.15) is 10.4 Å². The van der Waals surface area contributed by atoms with Crippen LogP contribution in [-0.4, -0.2) is 11.0 Å². The van der Waals surface area contributed by atoms with Gasteiger partial charge in [0.2, 0.25) is 5.55 Å². The molecule has 2 aromatic carbocycles. The minimum absolute atomic E-state index is 0.0551. The van der Waals surface area contributed by atoms with Crippen LogP contribution < -0.4 is 22.0 Å². The van der Waals surface area contributed by atoms with Crippen LogP contribution in [-0.2, 0) is 0 Å². The number of anilines is 1. The molecule has 1 heterocycles. The van der Waals surface area contributed by atoms with Crippen molar-refractivity contribution in [3.63, 3.8) is 0 Å². The first-order valence-corrected chi connectivity index (χ1v) is 8.42. The summed E-state index contributed by atoms with van der Waals surface area (Å²) in [7, 11) is 0. The van der Waals surface area contributed by atoms with E-state index in [1.807, 2.05) is 42.5 Å². The number of nitrogens with one attached hydrogen (secondary N) is 2. The summed E-state index contributed by atoms with van der Waals surface area (Å²) in [6, 6.07) is 16.4. The summed E-state index contributed by atoms with van der Waals surface area (Å²) in [5.41, 5.74) is 9.66. The highest BCUT2D eigenvalue weighted by Gasteiger charge is 2.09. The molecule has 0 fully saturated rings. The third-order valence-electron chi connectivity index (χ3n) is 3.26. The fraction of sp³-hybridized carbons (Fsp3) is 0. The van der Waals surface area contributed by atoms with Crippen LogP contribution >= 0.6 is 28.1 Å². The molecule has 6 nitrogen and oxygen atoms in total. The molecule has 0 radical (unpaired) electrons. The van der Waals surface area contributed by atoms with E-state index in [4.69, 9.17) is 22.4 Å². The lowest BCUT2D eigenvalue weighted by atomic mass is 10.2. The van der Waals surface area contributed by atoms with Crippen molar-refractivity contribution in [3.05, 3.63) is 70.2 Å². The number of amides is 1. The average molecular weight is 417 g/mol. The molecule has 0 unspecified atom stereocenters. The van der Waals surface area contributed by atoms with Crippen LogP contribution in [0, 0.1) is 0 Å². The van der Waals surface area contributed by atoms with Gasteiger partial charge in [0.15, 0.2) is 5.11 Å². The number of hydrogen-bond acceptors (Lipinski definition) is 4. The smallest absolute Gasteiger partial charge is 0.254 e. The number of hydrogen-bond donors (Lipinski definition) is 3. The zero-order valence-corrected chi connectivity index (χ0v) is 15.2. The van der Waals surface area contributed by atoms with Gasteiger partial charge in [-0.25, -0.2) is 5.43 Å². The lowest BCUT2D eigenvalue weighted by molar-refractivity contribution is 0.0996. The van der Waals surface area contributed by atoms with Crippen molar-refractivity contribution in [2.24, 2.45) is 10.8 Å². The van der Waals surface area contributed by atoms with Gasteiger partial charge in [0, 0.05) is 15.5 Å². The fourth-order valence-corrected chi connectivity index (χ4v) is 2.69. The molecular weight excluding hydrogens is 404 g/mol. The summed E-state index contributed by atoms with van der Waals surface area (Å²) in [5, 5.41) is 8.02. The number of carbonyl (C=O) groups is 1. The van der Waals surface area contributed by atoms with Crippen molar-refractivity contribution >= 4 is 55.8 Å². The second-order valence-corrected chi connectivity index (χ2v) is 6.38. The Morgan fingerprint density at radius 3 is 2.64 bits per heavy atom. The van der Waals surface area contributed by atoms with Crippen LogP contribution in [0.4, 0.5) is 5.69 Å². The van der Waals surface area contributed by atoms with E-state index in [2.05, 4.69) is 31.8 Å². The highest BCUT2D eigenvalue weighted by atomic mass is 79.9. The Morgan fingerprint density at radius 1 is 1.16 bits per heavy atom. The van der Waals surface area contributed by atoms with Gasteiger partial charge in [0.1, 0.15) is 11.1 Å². The van der Waals surface area contributed by atoms with E-state index >= 15 is 0 Å². The standard InChI is InChI=1S/C17H13BrN4O2S/c18-11-6-7-14-10(8-11)9-13(15(19)23)16(24-14)21-22-17(25)20-12-4-2-1-3-5-12/h1-9H,(H2,19,23)(H2,20,22,25)/b21-16-. The molecule has 1 aromatic heterocycles. The van der Waals surface area contributed by atoms with Gasteiger partial charge >= 0.3 is 0 Å². The lowest BCUT2D eigenvalue weighted by Gasteiger charge is -2.07. The molecule has 0 saturated carbocycles. The van der Waals surface area contributed by atoms with Gasteiger partial charge in [-0.2, -0.15) is 0 Å². The lowest BCUT2D eigenvalue weighted by Crippen LogP contribution is -2.29. The molecule has 25 heavy (non-hydrogen) atoms. The topological polar surface area (TPSA) is 92.7 Å². The second kappa shape index (κ2) is 7.45. The Labute approximate surface area is 156 Å². The summed E-state index contributed by atoms with van der Waals surface area (Å²) in [6.07, 6.45) is 0. The Kier molecular flexibility index (Phi) is 5.11. The van der Waals surface area contributed by atoms with Crippen LogP contribution in [0.3, 0.4) is 0 Å². The van der Waals surface area contributed by atoms with Crippen molar-refractivity contribution < 1.29 is 9.21 Å². The molecule has 126 valence electrons. The van der Waals surface area contributed by atoms with Crippen molar-refractivity contribution in [3.8, 4) is 0 Å². The number of rotatable bonds is 3. The highest BCUT2D eigenvalue weighted by Crippen LogP contribution is 2.19. The quantitative estimate of drug-likeness (QED) is 0.450. The van der Waals surface area contributed by atoms with Crippen LogP contribution in [0.15, 0.2) is 68.6 Å². The number of fused-ring (bicyclic) bond motifs is 1. The van der Waals surface area contributed by atoms with Gasteiger partial charge in [-0.15, -0.1) is 5.10 Å². The molecule has 0 saturated heterocycles. The van der Waals surface area contributed by atoms with E-state index in [1.165, 1.54) is 0 Å². The van der Waals surface area contributed by atoms with E-state index in [-0.39, 0.29) is 16.2 Å². The third-order valence-corrected chi connectivity index (χ3v) is 3.95. The second-order valence-electron chi connectivity index (χ2n) is 5.06. The molecule has 0 aliphatic heterocycles. The van der Waals surface area contributed by atoms with Crippen LogP contribution in [0.25, 0.3) is 11.0 Å². The van der Waals surface area contributed by atoms with Gasteiger partial charge in [0.05, 0.1) is 0 Å². The van der Waals surface area contributed by atoms with Crippen LogP contribution in [0.2, 0.25) is 0 Å². The predicted molar refractivity (Wildman–Crippen MR) is 104 cm³/mol. The Hall–Kier alpha value is -2.71. The van der Waals surface area contributed by atoms with E-state index in [0.717, 1.165) is 15.5 Å². The maximum absolute atomic E-state index is 11.7. The van der Waals surface area contributed by atoms with E-state index in [9.17, 15) is 4.79 Å². The summed E-state index contributed by atoms with van der Waals surface area (Å²) in [6.45, 7) is 0. The Bertz CT molecular complexity index is 1020. The third kappa shape index (κ3) is 4.23. The molecule has 3 rings (SSSR count). The first kappa shape index (κ1) is 17.1. The van der Waals surface area contributed by atoms with E-state index in [0.29, 0.717) is 5.58 Å². The van der Waals surface area contributed by atoms with Gasteiger partial charge in [0.25, 0.3) is 5.91 Å². The number of carbonyl (C=O) groups excluding carboxylic acids is 1. The number of halogens is 1. The fourth-order valence-electron chi connectivity index (χ4n) is 2.14. The highest BCUT2D eigenvalue weighted by molar-refractivity contribution is 9.10. The number of benzene rings is 2. The number of thiocarbonyl (C=S) groups is 1. The van der Waals surface area contributed by atoms with E-state index < -0.39 is 5.91 Å². The molecule has 0 aliphatic rings. The summed E-state index contributed by atoms with van der Waals surface area (Å²) >= 11 is 8.55. The van der Waals surface area contributed by atoms with Crippen molar-refractivity contribution in [2.75, 3.05) is 5.32 Å². The van der Waals surface area contributed by atoms with Gasteiger partial charge in [-0.05, 0) is 48.6 Å². The number of primary amides is 1. The SMILES string of the molecule is NC(=O)c1cc2cc(Br)ccc2o/c1=N\NC(=S)Nc1ccccc1. The normalized spacial score (nSPS) is 11.3. The minimum Gasteiger partial charge on any atom is -0.436 e. The summed E-state index contributed by atoms with van der Waals surface area (Å²) in [5.74, 6) is -0.645. The molecular formula is C17H13BrN4O2S. The van der Waals surface area contributed by atoms with Gasteiger partial charge in [-0.3, -0.25) is 4.79 Å². The zero-order valence-electron chi connectivity index (χ0n) is 12.8. The van der Waals surface area contributed by atoms with E-state index in [1.54, 1.807) is 12.1 Å². The molecule has 8 heteroatoms. The molecule has 1 amide bonds. The maximum atomic E-state index is 11.7. The number of nitrogens with two attached hydrogens (primary N) is 1. The molecule has 3 aromatic rings. The predicted octanol–water partition coefficient (Wildman–Crippen LogP) is 3.10. The Morgan fingerprint density at radius 2 is 1.92 bits per heavy atom. The first-order chi connectivity index (χ1) is 12.0. The first-order valence-electron chi connectivity index (χ1n) is 7.22. The van der Waals surface area contributed by atoms with Gasteiger partial charge < -0.3 is 15.5 Å². The molecule has 0 spiro atoms. The average Bonchev–Trinajstić information content (AvgIpc) is 2.60. The van der Waals surface area contributed by atoms with Crippen molar-refractivity contribution in [1.29, 1.82) is 0 Å². The molecule has 0 aliphatic carbocycles. The summed E-state index contributed by atoms with van der Waals surface area (Å²) in [4.78, 5) is 11.7. The van der Waals surface area contributed by atoms with Gasteiger partial charge in [-0.1, -0.05) is 34.1 Å². The zero-order chi connectivity index (χ0) is 17.8. The largest absolute Gasteiger partial charge is 0.436 e. The van der Waals surface area contributed by atoms with Crippen molar-refractivity contribution in [1.82, 2.24) is 5.43 Å². The summed E-state index contributed by atoms with van der Waals surface area (Å²) < 4.78 is 6.53. The van der Waals surface area contributed by atoms with Crippen LogP contribution in [0.5, 0.6) is 0 Å². The molecule has 0 atom stereocenters. The maximum Gasteiger partial charge on any atom is 0.254 e. The Balaban J connectivity index is 1.92. The minimum atomic E-state index is -0.645. The molecule has 0 bridgehead atoms.